The molecule has 0 bridgehead atoms. The van der Waals surface area contributed by atoms with E-state index in [9.17, 15) is 14.7 Å². The first-order chi connectivity index (χ1) is 9.43. The van der Waals surface area contributed by atoms with Gasteiger partial charge in [-0.05, 0) is 6.92 Å². The number of aliphatic hydroxyl groups is 2. The van der Waals surface area contributed by atoms with E-state index in [1.807, 2.05) is 4.98 Å². The molecule has 0 radical (unpaired) electrons. The van der Waals surface area contributed by atoms with Crippen molar-refractivity contribution >= 4 is 11.6 Å². The number of hydrogen-bond donors (Lipinski definition) is 3. The van der Waals surface area contributed by atoms with Crippen molar-refractivity contribution in [3.63, 3.8) is 0 Å². The fraction of sp³-hybridized carbons (Fsp3) is 0.545. The van der Waals surface area contributed by atoms with Crippen LogP contribution >= 0.6 is 11.6 Å². The van der Waals surface area contributed by atoms with Crippen molar-refractivity contribution in [1.29, 1.82) is 0 Å². The largest absolute Gasteiger partial charge is 0.394 e. The van der Waals surface area contributed by atoms with Crippen molar-refractivity contribution in [3.05, 3.63) is 27.0 Å². The number of aromatic amines is 1. The van der Waals surface area contributed by atoms with Gasteiger partial charge in [0.05, 0.1) is 6.61 Å². The summed E-state index contributed by atoms with van der Waals surface area (Å²) in [5, 5.41) is 22.9. The summed E-state index contributed by atoms with van der Waals surface area (Å²) in [7, 11) is 0. The van der Waals surface area contributed by atoms with Crippen LogP contribution in [0.15, 0.2) is 15.8 Å². The van der Waals surface area contributed by atoms with Gasteiger partial charge in [-0.3, -0.25) is 9.78 Å². The average Bonchev–Trinajstić information content (AvgIpc) is 2.63. The Kier molecular flexibility index (Phi) is 3.96. The Morgan fingerprint density at radius 3 is 2.90 bits per heavy atom. The van der Waals surface area contributed by atoms with Crippen LogP contribution in [0.1, 0.15) is 13.2 Å². The molecule has 1 aliphatic rings. The first-order valence-corrected chi connectivity index (χ1v) is 6.07. The zero-order valence-corrected chi connectivity index (χ0v) is 11.2. The Hall–Kier alpha value is -1.66. The molecule has 2 heterocycles. The summed E-state index contributed by atoms with van der Waals surface area (Å²) >= 11 is 6.26. The number of hydrogen-bond acceptors (Lipinski definition) is 6. The first-order valence-electron chi connectivity index (χ1n) is 5.69. The van der Waals surface area contributed by atoms with Crippen molar-refractivity contribution in [2.75, 3.05) is 6.61 Å². The third-order valence-corrected chi connectivity index (χ3v) is 3.41. The molecule has 3 N–H and O–H groups in total. The monoisotopic (exact) mass is 301 g/mol. The lowest BCUT2D eigenvalue weighted by Gasteiger charge is -2.24. The van der Waals surface area contributed by atoms with Crippen LogP contribution in [0.3, 0.4) is 0 Å². The van der Waals surface area contributed by atoms with Crippen molar-refractivity contribution in [3.8, 4) is 11.8 Å². The van der Waals surface area contributed by atoms with E-state index < -0.39 is 41.2 Å². The quantitative estimate of drug-likeness (QED) is 0.437. The Balaban J connectivity index is 2.55. The molecule has 0 spiro atoms. The Labute approximate surface area is 118 Å². The Morgan fingerprint density at radius 1 is 1.65 bits per heavy atom. The predicted octanol–water partition coefficient (Wildman–Crippen LogP) is -1.82. The molecule has 1 unspecified atom stereocenters. The van der Waals surface area contributed by atoms with Crippen LogP contribution in [0.25, 0.3) is 0 Å². The molecule has 2 rings (SSSR count). The van der Waals surface area contributed by atoms with Crippen LogP contribution in [-0.4, -0.2) is 48.7 Å². The molecule has 1 saturated heterocycles. The lowest BCUT2D eigenvalue weighted by Crippen LogP contribution is -2.45. The standard InChI is InChI=1S/C11H12ClN3O5/c1-2-3-11(12)8(18)6(5-16)20-9(11)15-10(19)14-7(17)4-13-15/h4,6,8-9,16,18H,5H2,1H3,(H,14,17,19)/t6-,8+,9-,11?/m1/s1. The second kappa shape index (κ2) is 5.38. The van der Waals surface area contributed by atoms with Gasteiger partial charge in [0.25, 0.3) is 5.56 Å². The van der Waals surface area contributed by atoms with E-state index in [-0.39, 0.29) is 0 Å². The second-order valence-corrected chi connectivity index (χ2v) is 4.81. The van der Waals surface area contributed by atoms with Crippen LogP contribution in [0.2, 0.25) is 0 Å². The maximum atomic E-state index is 11.7. The van der Waals surface area contributed by atoms with Gasteiger partial charge in [-0.2, -0.15) is 9.78 Å². The van der Waals surface area contributed by atoms with Crippen LogP contribution in [0.5, 0.6) is 0 Å². The normalized spacial score (nSPS) is 32.7. The van der Waals surface area contributed by atoms with E-state index in [4.69, 9.17) is 21.4 Å². The van der Waals surface area contributed by atoms with E-state index >= 15 is 0 Å². The number of alkyl halides is 1. The molecule has 8 nitrogen and oxygen atoms in total. The maximum Gasteiger partial charge on any atom is 0.347 e. The first kappa shape index (κ1) is 14.7. The molecular weight excluding hydrogens is 290 g/mol. The molecule has 1 fully saturated rings. The van der Waals surface area contributed by atoms with Gasteiger partial charge in [0.15, 0.2) is 11.1 Å². The highest BCUT2D eigenvalue weighted by Gasteiger charge is 2.56. The summed E-state index contributed by atoms with van der Waals surface area (Å²) in [6.45, 7) is 0.999. The maximum absolute atomic E-state index is 11.7. The van der Waals surface area contributed by atoms with Gasteiger partial charge in [-0.25, -0.2) is 4.79 Å². The number of nitrogens with one attached hydrogen (secondary N) is 1. The number of ether oxygens (including phenoxy) is 1. The minimum Gasteiger partial charge on any atom is -0.394 e. The highest BCUT2D eigenvalue weighted by Crippen LogP contribution is 2.42. The van der Waals surface area contributed by atoms with Crippen LogP contribution in [0.4, 0.5) is 0 Å². The van der Waals surface area contributed by atoms with Crippen LogP contribution in [-0.2, 0) is 4.74 Å². The van der Waals surface area contributed by atoms with E-state index in [0.717, 1.165) is 10.9 Å². The fourth-order valence-corrected chi connectivity index (χ4v) is 2.37. The van der Waals surface area contributed by atoms with Crippen LogP contribution < -0.4 is 11.2 Å². The third-order valence-electron chi connectivity index (χ3n) is 2.90. The van der Waals surface area contributed by atoms with Crippen molar-refractivity contribution in [2.45, 2.75) is 30.2 Å². The molecule has 1 aliphatic heterocycles. The summed E-state index contributed by atoms with van der Waals surface area (Å²) in [6, 6.07) is 0. The fourth-order valence-electron chi connectivity index (χ4n) is 1.99. The number of nitrogens with zero attached hydrogens (tertiary/aromatic N) is 2. The minimum atomic E-state index is -1.66. The molecule has 20 heavy (non-hydrogen) atoms. The molecule has 0 aliphatic carbocycles. The summed E-state index contributed by atoms with van der Waals surface area (Å²) in [5.74, 6) is 5.10. The van der Waals surface area contributed by atoms with Gasteiger partial charge >= 0.3 is 5.69 Å². The van der Waals surface area contributed by atoms with Crippen molar-refractivity contribution in [2.24, 2.45) is 0 Å². The summed E-state index contributed by atoms with van der Waals surface area (Å²) < 4.78 is 6.12. The second-order valence-electron chi connectivity index (χ2n) is 4.18. The SMILES string of the molecule is CC#CC1(Cl)[C@@H](O)[C@@H](CO)O[C@H]1n1ncc(=O)[nH]c1=O. The van der Waals surface area contributed by atoms with Gasteiger partial charge in [-0.1, -0.05) is 17.5 Å². The average molecular weight is 302 g/mol. The molecular formula is C11H12ClN3O5. The highest BCUT2D eigenvalue weighted by atomic mass is 35.5. The van der Waals surface area contributed by atoms with E-state index in [1.54, 1.807) is 0 Å². The third kappa shape index (κ3) is 2.25. The lowest BCUT2D eigenvalue weighted by molar-refractivity contribution is -0.0514. The van der Waals surface area contributed by atoms with Gasteiger partial charge in [0, 0.05) is 0 Å². The number of aromatic nitrogens is 3. The van der Waals surface area contributed by atoms with Crippen molar-refractivity contribution < 1.29 is 14.9 Å². The lowest BCUT2D eigenvalue weighted by atomic mass is 9.99. The van der Waals surface area contributed by atoms with Crippen molar-refractivity contribution in [1.82, 2.24) is 14.8 Å². The molecule has 0 amide bonds. The number of halogens is 1. The zero-order chi connectivity index (χ0) is 14.9. The minimum absolute atomic E-state index is 0.504. The molecule has 1 aromatic rings. The summed E-state index contributed by atoms with van der Waals surface area (Å²) in [4.78, 5) is 23.1. The topological polar surface area (TPSA) is 117 Å². The smallest absolute Gasteiger partial charge is 0.347 e. The van der Waals surface area contributed by atoms with Crippen LogP contribution in [0, 0.1) is 11.8 Å². The zero-order valence-electron chi connectivity index (χ0n) is 10.4. The predicted molar refractivity (Wildman–Crippen MR) is 68.2 cm³/mol. The van der Waals surface area contributed by atoms with Gasteiger partial charge in [0.2, 0.25) is 0 Å². The van der Waals surface area contributed by atoms with E-state index in [2.05, 4.69) is 16.9 Å². The molecule has 108 valence electrons. The molecule has 0 aromatic carbocycles. The van der Waals surface area contributed by atoms with E-state index in [1.165, 1.54) is 6.92 Å². The van der Waals surface area contributed by atoms with Gasteiger partial charge < -0.3 is 14.9 Å². The Bertz CT molecular complexity index is 675. The Morgan fingerprint density at radius 2 is 2.35 bits per heavy atom. The molecule has 1 aromatic heterocycles. The highest BCUT2D eigenvalue weighted by molar-refractivity contribution is 6.27. The number of rotatable bonds is 2. The van der Waals surface area contributed by atoms with E-state index in [0.29, 0.717) is 0 Å². The molecule has 4 atom stereocenters. The van der Waals surface area contributed by atoms with Gasteiger partial charge in [0.1, 0.15) is 18.4 Å². The number of aliphatic hydroxyl groups excluding tert-OH is 2. The number of H-pyrrole nitrogens is 1. The van der Waals surface area contributed by atoms with Gasteiger partial charge in [-0.15, -0.1) is 5.92 Å². The summed E-state index contributed by atoms with van der Waals surface area (Å²) in [6.07, 6.45) is -2.71. The molecule has 0 saturated carbocycles. The summed E-state index contributed by atoms with van der Waals surface area (Å²) in [5.41, 5.74) is -1.53. The molecule has 9 heteroatoms.